The van der Waals surface area contributed by atoms with E-state index in [-0.39, 0.29) is 0 Å². The molecule has 0 amide bonds. The van der Waals surface area contributed by atoms with Crippen molar-refractivity contribution in [3.63, 3.8) is 0 Å². The number of pyridine rings is 1. The van der Waals surface area contributed by atoms with Gasteiger partial charge >= 0.3 is 0 Å². The van der Waals surface area contributed by atoms with Gasteiger partial charge in [-0.05, 0) is 189 Å². The van der Waals surface area contributed by atoms with E-state index in [9.17, 15) is 0 Å². The van der Waals surface area contributed by atoms with Gasteiger partial charge in [0.15, 0.2) is 0 Å². The Morgan fingerprint density at radius 2 is 0.889 bits per heavy atom. The van der Waals surface area contributed by atoms with E-state index in [1.54, 1.807) is 0 Å². The predicted molar refractivity (Wildman–Crippen MR) is 381 cm³/mol. The molecule has 3 heterocycles. The number of nitrogens with zero attached hydrogens (tertiary/aromatic N) is 3. The lowest BCUT2D eigenvalue weighted by Gasteiger charge is -2.31. The van der Waals surface area contributed by atoms with Gasteiger partial charge in [-0.3, -0.25) is 4.57 Å². The second-order valence-electron chi connectivity index (χ2n) is 24.4. The topological polar surface area (TPSA) is 21.1 Å². The highest BCUT2D eigenvalue weighted by atomic mass is 32.1. The second kappa shape index (κ2) is 18.8. The Morgan fingerprint density at radius 1 is 0.300 bits per heavy atom. The van der Waals surface area contributed by atoms with Gasteiger partial charge in [0.2, 0.25) is 0 Å². The van der Waals surface area contributed by atoms with Gasteiger partial charge in [-0.25, -0.2) is 4.98 Å². The molecule has 0 aliphatic heterocycles. The minimum atomic E-state index is -0.440. The molecular weight excluding hydrogens is 1110 g/mol. The molecule has 15 aromatic carbocycles. The Labute approximate surface area is 522 Å². The van der Waals surface area contributed by atoms with Crippen molar-refractivity contribution in [1.29, 1.82) is 0 Å². The first kappa shape index (κ1) is 49.7. The SMILES string of the molecule is c1ccc(-c2cccc(N(c3ccc4c(c3)-c3ccccc3C43c4ccccc4-c4ccccc43)c3ccc(-c4ccc5c(c4)c4c6c(ccc4n5-c4ccc5ccccc5n4)sc4cc5c7ccccc7c7ccccc7c5cc46)c4ccccc34)c2)cc1. The number of hydrogen-bond acceptors (Lipinski definition) is 3. The van der Waals surface area contributed by atoms with Gasteiger partial charge < -0.3 is 4.90 Å². The Bertz CT molecular complexity index is 6080. The zero-order valence-corrected chi connectivity index (χ0v) is 49.5. The molecule has 3 aromatic heterocycles. The Hall–Kier alpha value is -11.4. The summed E-state index contributed by atoms with van der Waals surface area (Å²) >= 11 is 1.90. The van der Waals surface area contributed by atoms with Crippen molar-refractivity contribution in [2.75, 3.05) is 4.90 Å². The van der Waals surface area contributed by atoms with Crippen molar-refractivity contribution in [3.8, 4) is 50.3 Å². The minimum Gasteiger partial charge on any atom is -0.310 e. The summed E-state index contributed by atoms with van der Waals surface area (Å²) in [6.45, 7) is 0. The Morgan fingerprint density at radius 3 is 1.63 bits per heavy atom. The number of rotatable bonds is 6. The molecule has 416 valence electrons. The van der Waals surface area contributed by atoms with Crippen LogP contribution >= 0.6 is 11.3 Å². The molecule has 90 heavy (non-hydrogen) atoms. The quantitative estimate of drug-likeness (QED) is 0.155. The molecule has 0 N–H and O–H groups in total. The maximum Gasteiger partial charge on any atom is 0.138 e. The van der Waals surface area contributed by atoms with Crippen LogP contribution in [0, 0.1) is 0 Å². The van der Waals surface area contributed by atoms with Gasteiger partial charge in [-0.1, -0.05) is 224 Å². The third kappa shape index (κ3) is 6.85. The van der Waals surface area contributed by atoms with E-state index in [2.05, 4.69) is 319 Å². The molecule has 18 aromatic rings. The highest BCUT2D eigenvalue weighted by Gasteiger charge is 2.51. The largest absolute Gasteiger partial charge is 0.310 e. The van der Waals surface area contributed by atoms with Crippen LogP contribution in [0.15, 0.2) is 309 Å². The summed E-state index contributed by atoms with van der Waals surface area (Å²) in [4.78, 5) is 7.90. The van der Waals surface area contributed by atoms with E-state index < -0.39 is 5.41 Å². The summed E-state index contributed by atoms with van der Waals surface area (Å²) in [5.74, 6) is 0.901. The number of hydrogen-bond donors (Lipinski definition) is 0. The summed E-state index contributed by atoms with van der Waals surface area (Å²) in [5, 5.41) is 16.2. The molecule has 0 saturated heterocycles. The molecule has 1 spiro atoms. The van der Waals surface area contributed by atoms with Crippen molar-refractivity contribution in [2.45, 2.75) is 5.41 Å². The molecule has 0 fully saturated rings. The highest BCUT2D eigenvalue weighted by molar-refractivity contribution is 7.26. The molecule has 0 radical (unpaired) electrons. The third-order valence-electron chi connectivity index (χ3n) is 19.9. The summed E-state index contributed by atoms with van der Waals surface area (Å²) < 4.78 is 4.96. The van der Waals surface area contributed by atoms with Crippen molar-refractivity contribution < 1.29 is 0 Å². The smallest absolute Gasteiger partial charge is 0.138 e. The summed E-state index contributed by atoms with van der Waals surface area (Å²) in [6, 6.07) is 116. The number of anilines is 3. The minimum absolute atomic E-state index is 0.440. The van der Waals surface area contributed by atoms with Gasteiger partial charge in [0.25, 0.3) is 0 Å². The lowest BCUT2D eigenvalue weighted by Crippen LogP contribution is -2.25. The molecule has 3 nitrogen and oxygen atoms in total. The van der Waals surface area contributed by atoms with Crippen LogP contribution in [0.25, 0.3) is 146 Å². The average molecular weight is 1160 g/mol. The van der Waals surface area contributed by atoms with E-state index in [0.717, 1.165) is 61.3 Å². The molecular formula is C86H51N3S. The maximum absolute atomic E-state index is 5.40. The monoisotopic (exact) mass is 1160 g/mol. The van der Waals surface area contributed by atoms with Crippen LogP contribution in [-0.2, 0) is 5.41 Å². The first-order valence-electron chi connectivity index (χ1n) is 31.1. The van der Waals surface area contributed by atoms with Gasteiger partial charge in [-0.15, -0.1) is 11.3 Å². The lowest BCUT2D eigenvalue weighted by atomic mass is 9.70. The number of benzene rings is 15. The molecule has 0 unspecified atom stereocenters. The van der Waals surface area contributed by atoms with Gasteiger partial charge in [0.05, 0.1) is 27.7 Å². The van der Waals surface area contributed by atoms with E-state index in [1.165, 1.54) is 124 Å². The fraction of sp³-hybridized carbons (Fsp3) is 0.0116. The molecule has 0 saturated carbocycles. The van der Waals surface area contributed by atoms with Crippen LogP contribution in [0.3, 0.4) is 0 Å². The molecule has 2 aliphatic carbocycles. The molecule has 0 bridgehead atoms. The van der Waals surface area contributed by atoms with E-state index in [4.69, 9.17) is 4.98 Å². The summed E-state index contributed by atoms with van der Waals surface area (Å²) in [5.41, 5.74) is 21.2. The maximum atomic E-state index is 5.40. The van der Waals surface area contributed by atoms with Crippen LogP contribution in [0.4, 0.5) is 17.1 Å². The molecule has 0 atom stereocenters. The number of thiophene rings is 1. The highest BCUT2D eigenvalue weighted by Crippen LogP contribution is 2.63. The molecule has 2 aliphatic rings. The summed E-state index contributed by atoms with van der Waals surface area (Å²) in [7, 11) is 0. The van der Waals surface area contributed by atoms with Crippen molar-refractivity contribution in [1.82, 2.24) is 9.55 Å². The first-order valence-corrected chi connectivity index (χ1v) is 31.9. The number of para-hydroxylation sites is 1. The van der Waals surface area contributed by atoms with Crippen LogP contribution in [0.2, 0.25) is 0 Å². The Balaban J connectivity index is 0.816. The fourth-order valence-corrected chi connectivity index (χ4v) is 17.3. The number of aromatic nitrogens is 2. The summed E-state index contributed by atoms with van der Waals surface area (Å²) in [6.07, 6.45) is 0. The normalized spacial score (nSPS) is 13.0. The average Bonchev–Trinajstić information content (AvgIpc) is 1.52. The van der Waals surface area contributed by atoms with Gasteiger partial charge in [0, 0.05) is 53.1 Å². The van der Waals surface area contributed by atoms with Crippen LogP contribution < -0.4 is 4.90 Å². The van der Waals surface area contributed by atoms with Crippen molar-refractivity contribution >= 4 is 124 Å². The van der Waals surface area contributed by atoms with Crippen LogP contribution in [-0.4, -0.2) is 9.55 Å². The lowest BCUT2D eigenvalue weighted by molar-refractivity contribution is 0.794. The Kier molecular flexibility index (Phi) is 10.4. The third-order valence-corrected chi connectivity index (χ3v) is 21.1. The van der Waals surface area contributed by atoms with Crippen molar-refractivity contribution in [3.05, 3.63) is 332 Å². The van der Waals surface area contributed by atoms with E-state index >= 15 is 0 Å². The predicted octanol–water partition coefficient (Wildman–Crippen LogP) is 23.5. The number of fused-ring (bicyclic) bond motifs is 25. The fourth-order valence-electron chi connectivity index (χ4n) is 16.2. The molecule has 20 rings (SSSR count). The van der Waals surface area contributed by atoms with Crippen molar-refractivity contribution in [2.24, 2.45) is 0 Å². The standard InChI is InChI=1S/C86H51N3S/c1-2-19-52(20-3-1)54-22-18-23-56(47-54)88(57-39-41-76-70(49-57)66-31-13-16-35-75(66)86(76)73-33-14-11-29-64(73)65-30-12-15-34-74(65)86)78-43-40-58(59-24-9-10-32-67(59)78)55-37-42-79-71(48-55)84-80(89(79)83-46-38-53-21-4-17-36-77(53)87-83)44-45-81-85(84)72-50-68-62-27-7-5-25-60(62)61-26-6-8-28-63(61)69(68)51-82(72)90-81/h1-51H. The van der Waals surface area contributed by atoms with E-state index in [1.807, 2.05) is 11.3 Å². The molecule has 4 heteroatoms. The van der Waals surface area contributed by atoms with Crippen LogP contribution in [0.1, 0.15) is 22.3 Å². The zero-order chi connectivity index (χ0) is 58.8. The first-order chi connectivity index (χ1) is 44.6. The van der Waals surface area contributed by atoms with Gasteiger partial charge in [-0.2, -0.15) is 0 Å². The van der Waals surface area contributed by atoms with Crippen LogP contribution in [0.5, 0.6) is 0 Å². The second-order valence-corrected chi connectivity index (χ2v) is 25.5. The van der Waals surface area contributed by atoms with E-state index in [0.29, 0.717) is 0 Å². The van der Waals surface area contributed by atoms with Gasteiger partial charge in [0.1, 0.15) is 5.82 Å². The zero-order valence-electron chi connectivity index (χ0n) is 48.7.